The van der Waals surface area contributed by atoms with E-state index >= 15 is 0 Å². The fourth-order valence-corrected chi connectivity index (χ4v) is 8.21. The minimum atomic E-state index is -0.751. The minimum Gasteiger partial charge on any atom is -0.506 e. The number of nitrogens with zero attached hydrogens (tertiary/aromatic N) is 2. The number of para-hydroxylation sites is 1. The van der Waals surface area contributed by atoms with Gasteiger partial charge in [0.1, 0.15) is 11.9 Å². The van der Waals surface area contributed by atoms with Crippen LogP contribution in [0.5, 0.6) is 5.75 Å². The Kier molecular flexibility index (Phi) is 14.7. The molecule has 3 amide bonds. The Morgan fingerprint density at radius 3 is 2.37 bits per heavy atom. The number of benzene rings is 5. The number of aromatic amines is 1. The molecule has 0 unspecified atom stereocenters. The second kappa shape index (κ2) is 20.9. The molecule has 0 bridgehead atoms. The fraction of sp³-hybridized carbons (Fsp3) is 0.294. The molecule has 6 aromatic rings. The van der Waals surface area contributed by atoms with Crippen molar-refractivity contribution in [3.63, 3.8) is 0 Å². The zero-order valence-electron chi connectivity index (χ0n) is 35.8. The van der Waals surface area contributed by atoms with Gasteiger partial charge in [0.05, 0.1) is 17.3 Å². The molecule has 5 aromatic carbocycles. The number of hydrogen-bond donors (Lipinski definition) is 5. The molecule has 0 aliphatic carbocycles. The summed E-state index contributed by atoms with van der Waals surface area (Å²) in [5, 5.41) is 27.8. The number of phenolic OH excluding ortho intramolecular Hbond substituents is 1. The number of carbonyl (C=O) groups is 3. The summed E-state index contributed by atoms with van der Waals surface area (Å²) in [4.78, 5) is 57.4. The van der Waals surface area contributed by atoms with Crippen LogP contribution in [-0.2, 0) is 22.5 Å². The predicted molar refractivity (Wildman–Crippen MR) is 247 cm³/mol. The summed E-state index contributed by atoms with van der Waals surface area (Å²) in [6.45, 7) is 4.54. The van der Waals surface area contributed by atoms with Gasteiger partial charge in [-0.2, -0.15) is 0 Å². The van der Waals surface area contributed by atoms with Crippen molar-refractivity contribution in [3.8, 4) is 16.9 Å². The Labute approximate surface area is 367 Å². The molecule has 1 aliphatic heterocycles. The van der Waals surface area contributed by atoms with Crippen molar-refractivity contribution in [1.29, 1.82) is 0 Å². The zero-order valence-corrected chi connectivity index (χ0v) is 35.8. The lowest BCUT2D eigenvalue weighted by Crippen LogP contribution is -2.40. The van der Waals surface area contributed by atoms with E-state index < -0.39 is 12.2 Å². The third-order valence-electron chi connectivity index (χ3n) is 11.8. The number of rotatable bonds is 16. The lowest BCUT2D eigenvalue weighted by atomic mass is 9.92. The Hall–Kier alpha value is -6.76. The van der Waals surface area contributed by atoms with Crippen LogP contribution >= 0.6 is 0 Å². The van der Waals surface area contributed by atoms with Gasteiger partial charge in [-0.15, -0.1) is 0 Å². The van der Waals surface area contributed by atoms with Gasteiger partial charge in [0, 0.05) is 67.9 Å². The van der Waals surface area contributed by atoms with Gasteiger partial charge in [0.2, 0.25) is 11.5 Å². The van der Waals surface area contributed by atoms with Gasteiger partial charge < -0.3 is 35.1 Å². The molecule has 0 saturated carbocycles. The fourth-order valence-electron chi connectivity index (χ4n) is 8.21. The third-order valence-corrected chi connectivity index (χ3v) is 11.8. The highest BCUT2D eigenvalue weighted by atomic mass is 16.6. The average Bonchev–Trinajstić information content (AvgIpc) is 3.30. The molecule has 2 atom stereocenters. The quantitative estimate of drug-likeness (QED) is 0.0647. The first-order valence-electron chi connectivity index (χ1n) is 21.6. The molecule has 7 rings (SSSR count). The molecule has 326 valence electrons. The van der Waals surface area contributed by atoms with Gasteiger partial charge in [0.15, 0.2) is 0 Å². The highest BCUT2D eigenvalue weighted by Crippen LogP contribution is 2.32. The van der Waals surface area contributed by atoms with Gasteiger partial charge in [-0.05, 0) is 103 Å². The maximum absolute atomic E-state index is 13.2. The maximum Gasteiger partial charge on any atom is 0.411 e. The van der Waals surface area contributed by atoms with Crippen LogP contribution in [0.2, 0.25) is 0 Å². The molecule has 12 nitrogen and oxygen atoms in total. The van der Waals surface area contributed by atoms with Gasteiger partial charge in [-0.3, -0.25) is 19.7 Å². The smallest absolute Gasteiger partial charge is 0.411 e. The highest BCUT2D eigenvalue weighted by Gasteiger charge is 2.24. The Balaban J connectivity index is 0.807. The number of hydrogen-bond acceptors (Lipinski definition) is 8. The monoisotopic (exact) mass is 849 g/mol. The van der Waals surface area contributed by atoms with E-state index in [1.807, 2.05) is 66.7 Å². The van der Waals surface area contributed by atoms with Crippen molar-refractivity contribution >= 4 is 40.2 Å². The van der Waals surface area contributed by atoms with Crippen molar-refractivity contribution in [2.45, 2.75) is 64.2 Å². The summed E-state index contributed by atoms with van der Waals surface area (Å²) in [7, 11) is 1.74. The molecule has 1 aromatic heterocycles. The van der Waals surface area contributed by atoms with E-state index in [4.69, 9.17) is 4.74 Å². The molecular weight excluding hydrogens is 795 g/mol. The number of aromatic nitrogens is 1. The van der Waals surface area contributed by atoms with Crippen LogP contribution in [0.3, 0.4) is 0 Å². The molecule has 2 heterocycles. The third kappa shape index (κ3) is 11.8. The number of amides is 3. The maximum atomic E-state index is 13.2. The first-order valence-corrected chi connectivity index (χ1v) is 21.6. The number of anilines is 2. The van der Waals surface area contributed by atoms with Crippen molar-refractivity contribution < 1.29 is 29.3 Å². The standard InChI is InChI=1S/C51H55N5O7/c1-34(15-22-45(57)42-20-23-46(58)49-43(42)21-24-47(59)54-49)31-35-9-8-10-36(32-35)33-52-50(61)38-16-18-39(19-17-38)55(2)48(60)27-30-56-28-25-40(26-29-56)63-51(62)53-44-14-7-6-13-41(44)37-11-4-3-5-12-37/h3-14,16-21,23-24,32,34,40,45,57-58H,15,22,25-31,33H2,1-2H3,(H,52,61)(H,53,62)(H,54,59)/t34-,45-/m0/s1. The Morgan fingerprint density at radius 2 is 1.59 bits per heavy atom. The van der Waals surface area contributed by atoms with E-state index in [-0.39, 0.29) is 35.1 Å². The lowest BCUT2D eigenvalue weighted by molar-refractivity contribution is -0.118. The van der Waals surface area contributed by atoms with Crippen LogP contribution in [0.25, 0.3) is 22.0 Å². The first-order chi connectivity index (χ1) is 30.5. The topological polar surface area (TPSA) is 164 Å². The number of carbonyl (C=O) groups excluding carboxylic acids is 3. The molecule has 1 saturated heterocycles. The normalized spacial score (nSPS) is 14.1. The number of pyridine rings is 1. The number of phenols is 1. The van der Waals surface area contributed by atoms with E-state index in [0.29, 0.717) is 72.2 Å². The number of aliphatic hydroxyl groups is 1. The number of aromatic hydroxyl groups is 1. The second-order valence-corrected chi connectivity index (χ2v) is 16.4. The van der Waals surface area contributed by atoms with Crippen molar-refractivity contribution in [1.82, 2.24) is 15.2 Å². The molecule has 0 spiro atoms. The lowest BCUT2D eigenvalue weighted by Gasteiger charge is -2.31. The van der Waals surface area contributed by atoms with Crippen LogP contribution in [0.1, 0.15) is 72.2 Å². The number of ether oxygens (including phenoxy) is 1. The number of fused-ring (bicyclic) bond motifs is 1. The number of aliphatic hydroxyl groups excluding tert-OH is 1. The molecule has 1 fully saturated rings. The molecule has 12 heteroatoms. The van der Waals surface area contributed by atoms with Crippen LogP contribution in [-0.4, -0.2) is 70.8 Å². The average molecular weight is 850 g/mol. The zero-order chi connectivity index (χ0) is 44.3. The largest absolute Gasteiger partial charge is 0.506 e. The van der Waals surface area contributed by atoms with Crippen molar-refractivity contribution in [2.75, 3.05) is 36.9 Å². The highest BCUT2D eigenvalue weighted by molar-refractivity contribution is 5.96. The van der Waals surface area contributed by atoms with Crippen LogP contribution in [0.15, 0.2) is 132 Å². The van der Waals surface area contributed by atoms with Gasteiger partial charge >= 0.3 is 6.09 Å². The molecular formula is C51H55N5O7. The SMILES string of the molecule is C[C@@H](CC[C@H](O)c1ccc(O)c2[nH]c(=O)ccc12)Cc1cccc(CNC(=O)c2ccc(N(C)C(=O)CCN3CCC(OC(=O)Nc4ccccc4-c4ccccc4)CC3)cc2)c1. The van der Waals surface area contributed by atoms with Crippen molar-refractivity contribution in [2.24, 2.45) is 5.92 Å². The summed E-state index contributed by atoms with van der Waals surface area (Å²) < 4.78 is 5.78. The summed E-state index contributed by atoms with van der Waals surface area (Å²) in [6, 6.07) is 38.9. The summed E-state index contributed by atoms with van der Waals surface area (Å²) in [6.07, 6.45) is 2.36. The number of likely N-dealkylation sites (tertiary alicyclic amines) is 1. The minimum absolute atomic E-state index is 0.0306. The van der Waals surface area contributed by atoms with Gasteiger partial charge in [-0.25, -0.2) is 4.79 Å². The number of H-pyrrole nitrogens is 1. The van der Waals surface area contributed by atoms with Crippen molar-refractivity contribution in [3.05, 3.63) is 160 Å². The second-order valence-electron chi connectivity index (χ2n) is 16.4. The number of nitrogens with one attached hydrogen (secondary N) is 3. The Morgan fingerprint density at radius 1 is 0.857 bits per heavy atom. The van der Waals surface area contributed by atoms with Gasteiger partial charge in [-0.1, -0.05) is 85.8 Å². The first kappa shape index (κ1) is 44.3. The molecule has 1 aliphatic rings. The van der Waals surface area contributed by atoms with E-state index in [0.717, 1.165) is 48.2 Å². The van der Waals surface area contributed by atoms with Crippen LogP contribution in [0, 0.1) is 5.92 Å². The molecule has 63 heavy (non-hydrogen) atoms. The van der Waals surface area contributed by atoms with E-state index in [1.165, 1.54) is 12.1 Å². The molecule has 0 radical (unpaired) electrons. The van der Waals surface area contributed by atoms with E-state index in [1.54, 1.807) is 48.3 Å². The van der Waals surface area contributed by atoms with E-state index in [9.17, 15) is 29.4 Å². The van der Waals surface area contributed by atoms with Crippen LogP contribution < -0.4 is 21.1 Å². The summed E-state index contributed by atoms with van der Waals surface area (Å²) >= 11 is 0. The summed E-state index contributed by atoms with van der Waals surface area (Å²) in [5.74, 6) is -0.00747. The van der Waals surface area contributed by atoms with Gasteiger partial charge in [0.25, 0.3) is 5.91 Å². The molecule has 5 N–H and O–H groups in total. The number of piperidine rings is 1. The van der Waals surface area contributed by atoms with E-state index in [2.05, 4.69) is 39.6 Å². The predicted octanol–water partition coefficient (Wildman–Crippen LogP) is 8.59. The summed E-state index contributed by atoms with van der Waals surface area (Å²) in [5.41, 5.74) is 6.61. The Bertz CT molecular complexity index is 2570. The van der Waals surface area contributed by atoms with Crippen LogP contribution in [0.4, 0.5) is 16.2 Å².